The van der Waals surface area contributed by atoms with Crippen LogP contribution in [0, 0.1) is 0 Å². The summed E-state index contributed by atoms with van der Waals surface area (Å²) < 4.78 is 29.3. The largest absolute Gasteiger partial charge is 0.354 e. The van der Waals surface area contributed by atoms with Gasteiger partial charge in [-0.25, -0.2) is 8.42 Å². The van der Waals surface area contributed by atoms with E-state index in [0.29, 0.717) is 27.8 Å². The predicted molar refractivity (Wildman–Crippen MR) is 160 cm³/mol. The zero-order valence-electron chi connectivity index (χ0n) is 21.6. The van der Waals surface area contributed by atoms with Gasteiger partial charge in [0.1, 0.15) is 12.6 Å². The molecule has 0 fully saturated rings. The Labute approximate surface area is 248 Å². The van der Waals surface area contributed by atoms with Crippen LogP contribution in [-0.4, -0.2) is 44.3 Å². The molecule has 0 radical (unpaired) electrons. The molecule has 3 aromatic rings. The maximum Gasteiger partial charge on any atom is 0.264 e. The Morgan fingerprint density at radius 1 is 1.00 bits per heavy atom. The van der Waals surface area contributed by atoms with Gasteiger partial charge in [0.05, 0.1) is 10.6 Å². The Balaban J connectivity index is 2.00. The first-order chi connectivity index (χ1) is 18.5. The second-order valence-electron chi connectivity index (χ2n) is 8.88. The van der Waals surface area contributed by atoms with Crippen LogP contribution >= 0.6 is 39.1 Å². The van der Waals surface area contributed by atoms with Gasteiger partial charge in [0.2, 0.25) is 11.8 Å². The molecule has 3 aromatic carbocycles. The van der Waals surface area contributed by atoms with Gasteiger partial charge in [-0.15, -0.1) is 0 Å². The average molecular weight is 655 g/mol. The van der Waals surface area contributed by atoms with Crippen LogP contribution < -0.4 is 9.62 Å². The number of nitrogens with one attached hydrogen (secondary N) is 1. The molecule has 3 rings (SSSR count). The van der Waals surface area contributed by atoms with Crippen molar-refractivity contribution in [3.05, 3.63) is 92.9 Å². The molecule has 0 heterocycles. The van der Waals surface area contributed by atoms with E-state index in [1.165, 1.54) is 17.0 Å². The van der Waals surface area contributed by atoms with E-state index in [4.69, 9.17) is 23.2 Å². The number of sulfonamides is 1. The van der Waals surface area contributed by atoms with Gasteiger partial charge >= 0.3 is 0 Å². The number of halogens is 3. The zero-order valence-corrected chi connectivity index (χ0v) is 25.5. The first kappa shape index (κ1) is 30.9. The third-order valence-corrected chi connectivity index (χ3v) is 8.98. The van der Waals surface area contributed by atoms with Crippen LogP contribution in [0.5, 0.6) is 0 Å². The number of benzene rings is 3. The fourth-order valence-corrected chi connectivity index (χ4v) is 5.98. The summed E-state index contributed by atoms with van der Waals surface area (Å²) in [5.74, 6) is -0.912. The van der Waals surface area contributed by atoms with Gasteiger partial charge in [0, 0.05) is 27.6 Å². The summed E-state index contributed by atoms with van der Waals surface area (Å²) >= 11 is 15.8. The van der Waals surface area contributed by atoms with Gasteiger partial charge in [0.25, 0.3) is 10.0 Å². The summed E-state index contributed by atoms with van der Waals surface area (Å²) in [6.45, 7) is 3.54. The Morgan fingerprint density at radius 2 is 1.67 bits per heavy atom. The summed E-state index contributed by atoms with van der Waals surface area (Å²) in [6.07, 6.45) is 1.69. The molecular weight excluding hydrogens is 625 g/mol. The smallest absolute Gasteiger partial charge is 0.264 e. The van der Waals surface area contributed by atoms with Gasteiger partial charge in [-0.3, -0.25) is 13.9 Å². The minimum atomic E-state index is -4.12. The van der Waals surface area contributed by atoms with Gasteiger partial charge in [-0.05, 0) is 67.4 Å². The van der Waals surface area contributed by atoms with Gasteiger partial charge in [0.15, 0.2) is 0 Å². The number of amides is 2. The quantitative estimate of drug-likeness (QED) is 0.233. The number of carbonyl (C=O) groups is 2. The summed E-state index contributed by atoms with van der Waals surface area (Å²) in [5, 5.41) is 3.62. The summed E-state index contributed by atoms with van der Waals surface area (Å²) in [7, 11) is -4.12. The highest BCUT2D eigenvalue weighted by Crippen LogP contribution is 2.27. The number of unbranched alkanes of at least 4 members (excludes halogenated alkanes) is 1. The van der Waals surface area contributed by atoms with E-state index in [1.54, 1.807) is 67.6 Å². The van der Waals surface area contributed by atoms with Gasteiger partial charge < -0.3 is 10.2 Å². The van der Waals surface area contributed by atoms with Crippen LogP contribution in [0.2, 0.25) is 10.0 Å². The average Bonchev–Trinajstić information content (AvgIpc) is 2.92. The molecule has 1 unspecified atom stereocenters. The van der Waals surface area contributed by atoms with E-state index in [1.807, 2.05) is 6.92 Å². The number of carbonyl (C=O) groups excluding carboxylic acids is 2. The third-order valence-electron chi connectivity index (χ3n) is 6.08. The molecule has 7 nitrogen and oxygen atoms in total. The molecule has 39 heavy (non-hydrogen) atoms. The minimum Gasteiger partial charge on any atom is -0.354 e. The second-order valence-corrected chi connectivity index (χ2v) is 12.5. The van der Waals surface area contributed by atoms with Crippen molar-refractivity contribution in [1.29, 1.82) is 0 Å². The van der Waals surface area contributed by atoms with Crippen molar-refractivity contribution in [1.82, 2.24) is 10.2 Å². The molecule has 1 atom stereocenters. The van der Waals surface area contributed by atoms with Crippen molar-refractivity contribution in [2.45, 2.75) is 44.2 Å². The van der Waals surface area contributed by atoms with E-state index in [-0.39, 0.29) is 17.3 Å². The van der Waals surface area contributed by atoms with Crippen LogP contribution in [0.4, 0.5) is 5.69 Å². The molecule has 0 bridgehead atoms. The number of hydrogen-bond donors (Lipinski definition) is 1. The molecule has 11 heteroatoms. The Morgan fingerprint density at radius 3 is 2.28 bits per heavy atom. The van der Waals surface area contributed by atoms with Gasteiger partial charge in [-0.1, -0.05) is 76.7 Å². The lowest BCUT2D eigenvalue weighted by Crippen LogP contribution is -2.51. The topological polar surface area (TPSA) is 86.8 Å². The molecule has 0 spiro atoms. The standard InChI is InChI=1S/C28H30BrCl2N3O4S/c1-3-4-16-32-28(36)20(2)33(18-21-10-13-23(30)17-26(21)31)27(35)19-34(24-14-11-22(29)12-15-24)39(37,38)25-8-6-5-7-9-25/h5-15,17,20H,3-4,16,18-19H2,1-2H3,(H,32,36). The van der Waals surface area contributed by atoms with Crippen molar-refractivity contribution in [3.63, 3.8) is 0 Å². The highest BCUT2D eigenvalue weighted by molar-refractivity contribution is 9.10. The maximum absolute atomic E-state index is 13.9. The van der Waals surface area contributed by atoms with Crippen LogP contribution in [0.3, 0.4) is 0 Å². The first-order valence-corrected chi connectivity index (χ1v) is 15.4. The normalized spacial score (nSPS) is 12.0. The Bertz CT molecular complexity index is 1390. The predicted octanol–water partition coefficient (Wildman–Crippen LogP) is 6.28. The molecular formula is C28H30BrCl2N3O4S. The van der Waals surface area contributed by atoms with Crippen LogP contribution in [0.25, 0.3) is 0 Å². The zero-order chi connectivity index (χ0) is 28.6. The van der Waals surface area contributed by atoms with Crippen molar-refractivity contribution in [3.8, 4) is 0 Å². The Hall–Kier alpha value is -2.59. The minimum absolute atomic E-state index is 0.0171. The summed E-state index contributed by atoms with van der Waals surface area (Å²) in [4.78, 5) is 28.3. The lowest BCUT2D eigenvalue weighted by Gasteiger charge is -2.32. The van der Waals surface area contributed by atoms with Crippen LogP contribution in [0.15, 0.2) is 82.2 Å². The molecule has 0 aliphatic rings. The molecule has 208 valence electrons. The van der Waals surface area contributed by atoms with E-state index >= 15 is 0 Å². The molecule has 0 aliphatic heterocycles. The summed E-state index contributed by atoms with van der Waals surface area (Å²) in [6, 6.07) is 18.5. The molecule has 1 N–H and O–H groups in total. The van der Waals surface area contributed by atoms with Crippen LogP contribution in [0.1, 0.15) is 32.3 Å². The lowest BCUT2D eigenvalue weighted by molar-refractivity contribution is -0.139. The van der Waals surface area contributed by atoms with Crippen molar-refractivity contribution < 1.29 is 18.0 Å². The van der Waals surface area contributed by atoms with Crippen molar-refractivity contribution >= 4 is 66.7 Å². The molecule has 0 saturated carbocycles. The molecule has 0 saturated heterocycles. The highest BCUT2D eigenvalue weighted by atomic mass is 79.9. The highest BCUT2D eigenvalue weighted by Gasteiger charge is 2.32. The first-order valence-electron chi connectivity index (χ1n) is 12.4. The van der Waals surface area contributed by atoms with E-state index in [2.05, 4.69) is 21.2 Å². The molecule has 0 aromatic heterocycles. The van der Waals surface area contributed by atoms with E-state index < -0.39 is 28.5 Å². The third kappa shape index (κ3) is 8.20. The van der Waals surface area contributed by atoms with Crippen LogP contribution in [-0.2, 0) is 26.2 Å². The number of nitrogens with zero attached hydrogens (tertiary/aromatic N) is 2. The van der Waals surface area contributed by atoms with Crippen molar-refractivity contribution in [2.24, 2.45) is 0 Å². The SMILES string of the molecule is CCCCNC(=O)C(C)N(Cc1ccc(Cl)cc1Cl)C(=O)CN(c1ccc(Br)cc1)S(=O)(=O)c1ccccc1. The maximum atomic E-state index is 13.9. The second kappa shape index (κ2) is 14.2. The number of hydrogen-bond acceptors (Lipinski definition) is 4. The summed E-state index contributed by atoms with van der Waals surface area (Å²) in [5.41, 5.74) is 0.878. The Kier molecular flexibility index (Phi) is 11.2. The molecule has 2 amide bonds. The fourth-order valence-electron chi connectivity index (χ4n) is 3.81. The van der Waals surface area contributed by atoms with E-state index in [9.17, 15) is 18.0 Å². The number of rotatable bonds is 12. The monoisotopic (exact) mass is 653 g/mol. The lowest BCUT2D eigenvalue weighted by atomic mass is 10.1. The fraction of sp³-hybridized carbons (Fsp3) is 0.286. The number of anilines is 1. The van der Waals surface area contributed by atoms with Gasteiger partial charge in [-0.2, -0.15) is 0 Å². The van der Waals surface area contributed by atoms with Crippen molar-refractivity contribution in [2.75, 3.05) is 17.4 Å². The van der Waals surface area contributed by atoms with E-state index in [0.717, 1.165) is 21.6 Å². The molecule has 0 aliphatic carbocycles.